The summed E-state index contributed by atoms with van der Waals surface area (Å²) >= 11 is 0. The smallest absolute Gasteiger partial charge is 0.0645 e. The van der Waals surface area contributed by atoms with Crippen molar-refractivity contribution in [2.45, 2.75) is 0 Å². The summed E-state index contributed by atoms with van der Waals surface area (Å²) in [5, 5.41) is 3.99. The van der Waals surface area contributed by atoms with E-state index in [1.807, 2.05) is 103 Å². The first-order valence-electron chi connectivity index (χ1n) is 20.2. The summed E-state index contributed by atoms with van der Waals surface area (Å²) in [6.07, 6.45) is 0. The molecule has 0 fully saturated rings. The van der Waals surface area contributed by atoms with Gasteiger partial charge in [-0.25, -0.2) is 0 Å². The molecule has 226 valence electrons. The van der Waals surface area contributed by atoms with Gasteiger partial charge in [0.2, 0.25) is 0 Å². The normalized spacial score (nSPS) is 14.0. The largest absolute Gasteiger partial charge is 0.310 e. The van der Waals surface area contributed by atoms with E-state index in [0.717, 1.165) is 49.4 Å². The fraction of sp³-hybridized carbons (Fsp3) is 0. The molecule has 8 aromatic carbocycles. The lowest BCUT2D eigenvalue weighted by Gasteiger charge is -2.26. The Bertz CT molecular complexity index is 3000. The van der Waals surface area contributed by atoms with Crippen LogP contribution in [-0.4, -0.2) is 4.57 Å². The van der Waals surface area contributed by atoms with Crippen LogP contribution in [0.4, 0.5) is 17.1 Å². The third-order valence-corrected chi connectivity index (χ3v) is 8.73. The second-order valence-corrected chi connectivity index (χ2v) is 11.5. The molecule has 0 unspecified atom stereocenters. The van der Waals surface area contributed by atoms with E-state index in [2.05, 4.69) is 41.0 Å². The third kappa shape index (κ3) is 4.83. The molecule has 48 heavy (non-hydrogen) atoms. The van der Waals surface area contributed by atoms with E-state index in [9.17, 15) is 5.48 Å². The SMILES string of the molecule is [2H]c1c([2H])c([2H])c(-c2c([2H])c([2H])c(N(c3ccc(-c4ccccc4)cc3)c3ccc4ccc5c6ccccc6n(-c6ccccc6)c5c4c3)c([2H])c2[2H])c([2H])c1[2H]. The molecule has 9 aromatic rings. The van der Waals surface area contributed by atoms with Gasteiger partial charge in [-0.1, -0.05) is 139 Å². The van der Waals surface area contributed by atoms with E-state index in [0.29, 0.717) is 11.4 Å². The third-order valence-electron chi connectivity index (χ3n) is 8.73. The molecule has 0 aliphatic rings. The van der Waals surface area contributed by atoms with Crippen LogP contribution in [0.3, 0.4) is 0 Å². The summed E-state index contributed by atoms with van der Waals surface area (Å²) in [6, 6.07) is 41.0. The van der Waals surface area contributed by atoms with Gasteiger partial charge < -0.3 is 9.47 Å². The van der Waals surface area contributed by atoms with Gasteiger partial charge in [0.25, 0.3) is 0 Å². The molecule has 0 N–H and O–H groups in total. The van der Waals surface area contributed by atoms with Crippen LogP contribution in [0.15, 0.2) is 194 Å². The zero-order valence-corrected chi connectivity index (χ0v) is 25.7. The average molecular weight is 622 g/mol. The Morgan fingerprint density at radius 2 is 1.04 bits per heavy atom. The number of anilines is 3. The fourth-order valence-electron chi connectivity index (χ4n) is 6.51. The summed E-state index contributed by atoms with van der Waals surface area (Å²) in [5.41, 5.74) is 5.28. The van der Waals surface area contributed by atoms with Gasteiger partial charge in [-0.2, -0.15) is 0 Å². The lowest BCUT2D eigenvalue weighted by molar-refractivity contribution is 1.19. The number of fused-ring (bicyclic) bond motifs is 5. The highest BCUT2D eigenvalue weighted by atomic mass is 15.1. The number of rotatable bonds is 6. The Labute approximate surface area is 293 Å². The van der Waals surface area contributed by atoms with Crippen LogP contribution in [0.2, 0.25) is 0 Å². The van der Waals surface area contributed by atoms with Crippen molar-refractivity contribution in [3.05, 3.63) is 194 Å². The fourth-order valence-corrected chi connectivity index (χ4v) is 6.51. The average Bonchev–Trinajstić information content (AvgIpc) is 3.60. The zero-order valence-electron chi connectivity index (χ0n) is 34.7. The molecule has 0 saturated carbocycles. The van der Waals surface area contributed by atoms with E-state index in [1.165, 1.54) is 0 Å². The lowest BCUT2D eigenvalue weighted by atomic mass is 10.0. The molecule has 1 heterocycles. The molecular formula is C46H32N2. The summed E-state index contributed by atoms with van der Waals surface area (Å²) in [5.74, 6) is 0. The van der Waals surface area contributed by atoms with Crippen LogP contribution in [0.5, 0.6) is 0 Å². The molecular weight excluding hydrogens is 581 g/mol. The van der Waals surface area contributed by atoms with Gasteiger partial charge in [0.05, 0.1) is 23.4 Å². The lowest BCUT2D eigenvalue weighted by Crippen LogP contribution is -2.10. The highest BCUT2D eigenvalue weighted by Crippen LogP contribution is 2.41. The predicted octanol–water partition coefficient (Wildman–Crippen LogP) is 12.7. The molecule has 0 bridgehead atoms. The van der Waals surface area contributed by atoms with E-state index < -0.39 is 54.4 Å². The molecule has 0 saturated heterocycles. The van der Waals surface area contributed by atoms with E-state index in [4.69, 9.17) is 6.85 Å². The summed E-state index contributed by atoms with van der Waals surface area (Å²) in [6.45, 7) is 0. The van der Waals surface area contributed by atoms with Crippen molar-refractivity contribution in [1.82, 2.24) is 4.57 Å². The van der Waals surface area contributed by atoms with Gasteiger partial charge >= 0.3 is 0 Å². The first kappa shape index (κ1) is 20.0. The Morgan fingerprint density at radius 1 is 0.417 bits per heavy atom. The van der Waals surface area contributed by atoms with E-state index in [-0.39, 0.29) is 16.8 Å². The van der Waals surface area contributed by atoms with Crippen molar-refractivity contribution < 1.29 is 12.3 Å². The molecule has 2 nitrogen and oxygen atoms in total. The van der Waals surface area contributed by atoms with Crippen molar-refractivity contribution in [1.29, 1.82) is 0 Å². The quantitative estimate of drug-likeness (QED) is 0.179. The summed E-state index contributed by atoms with van der Waals surface area (Å²) < 4.78 is 81.3. The summed E-state index contributed by atoms with van der Waals surface area (Å²) in [7, 11) is 0. The van der Waals surface area contributed by atoms with Crippen molar-refractivity contribution in [3.63, 3.8) is 0 Å². The van der Waals surface area contributed by atoms with Crippen molar-refractivity contribution in [2.24, 2.45) is 0 Å². The van der Waals surface area contributed by atoms with Crippen molar-refractivity contribution in [2.75, 3.05) is 4.90 Å². The number of aromatic nitrogens is 1. The molecule has 0 spiro atoms. The van der Waals surface area contributed by atoms with Crippen LogP contribution in [0.25, 0.3) is 60.5 Å². The molecule has 0 amide bonds. The van der Waals surface area contributed by atoms with Gasteiger partial charge in [0.1, 0.15) is 0 Å². The second kappa shape index (κ2) is 11.8. The molecule has 9 rings (SSSR count). The van der Waals surface area contributed by atoms with Crippen LogP contribution in [0.1, 0.15) is 12.3 Å². The number of hydrogen-bond donors (Lipinski definition) is 0. The number of hydrogen-bond acceptors (Lipinski definition) is 1. The molecule has 0 aliphatic carbocycles. The minimum atomic E-state index is -0.623. The Morgan fingerprint density at radius 3 is 1.81 bits per heavy atom. The van der Waals surface area contributed by atoms with Crippen LogP contribution in [-0.2, 0) is 0 Å². The Hall–Kier alpha value is -6.38. The number of para-hydroxylation sites is 2. The van der Waals surface area contributed by atoms with Gasteiger partial charge in [0, 0.05) is 38.9 Å². The number of nitrogens with zero attached hydrogens (tertiary/aromatic N) is 2. The first-order chi connectivity index (χ1) is 27.6. The van der Waals surface area contributed by atoms with Crippen LogP contribution < -0.4 is 4.90 Å². The first-order valence-corrected chi connectivity index (χ1v) is 15.7. The van der Waals surface area contributed by atoms with Gasteiger partial charge in [-0.15, -0.1) is 0 Å². The molecule has 0 radical (unpaired) electrons. The number of benzene rings is 8. The standard InChI is InChI=1S/C46H32N2/c1-4-12-33(13-5-1)35-20-26-39(27-21-35)47(40-28-22-36(23-29-40)34-14-6-2-7-15-34)41-30-24-37-25-31-43-42-18-10-11-19-45(42)48(46(43)44(37)32-41)38-16-8-3-9-17-38/h1-32H/i1D,4D,5D,12D,13D,20D,21D,26D,27D. The van der Waals surface area contributed by atoms with Gasteiger partial charge in [0.15, 0.2) is 0 Å². The maximum absolute atomic E-state index is 9.44. The monoisotopic (exact) mass is 621 g/mol. The van der Waals surface area contributed by atoms with Crippen LogP contribution >= 0.6 is 0 Å². The van der Waals surface area contributed by atoms with Gasteiger partial charge in [-0.05, 0) is 82.2 Å². The van der Waals surface area contributed by atoms with Crippen LogP contribution in [0, 0.1) is 0 Å². The van der Waals surface area contributed by atoms with Crippen molar-refractivity contribution >= 4 is 49.6 Å². The topological polar surface area (TPSA) is 8.17 Å². The molecule has 1 aromatic heterocycles. The minimum absolute atomic E-state index is 0.0521. The predicted molar refractivity (Wildman–Crippen MR) is 204 cm³/mol. The Balaban J connectivity index is 1.33. The molecule has 0 aliphatic heterocycles. The molecule has 2 heteroatoms. The maximum atomic E-state index is 9.44. The molecule has 0 atom stereocenters. The van der Waals surface area contributed by atoms with Crippen molar-refractivity contribution in [3.8, 4) is 27.9 Å². The van der Waals surface area contributed by atoms with E-state index >= 15 is 0 Å². The zero-order chi connectivity index (χ0) is 39.7. The summed E-state index contributed by atoms with van der Waals surface area (Å²) in [4.78, 5) is 1.70. The minimum Gasteiger partial charge on any atom is -0.310 e. The highest BCUT2D eigenvalue weighted by molar-refractivity contribution is 6.19. The second-order valence-electron chi connectivity index (χ2n) is 11.5. The Kier molecular flexibility index (Phi) is 4.90. The van der Waals surface area contributed by atoms with E-state index in [1.54, 1.807) is 4.90 Å². The highest BCUT2D eigenvalue weighted by Gasteiger charge is 2.18. The maximum Gasteiger partial charge on any atom is 0.0645 e. The van der Waals surface area contributed by atoms with Gasteiger partial charge in [-0.3, -0.25) is 0 Å².